The highest BCUT2D eigenvalue weighted by Crippen LogP contribution is 2.05. The monoisotopic (exact) mass is 393 g/mol. The average molecular weight is 393 g/mol. The van der Waals surface area contributed by atoms with Crippen LogP contribution in [0.3, 0.4) is 0 Å². The van der Waals surface area contributed by atoms with E-state index in [9.17, 15) is 24.0 Å². The number of hydrogen-bond acceptors (Lipinski definition) is 8. The van der Waals surface area contributed by atoms with Crippen molar-refractivity contribution in [3.8, 4) is 0 Å². The summed E-state index contributed by atoms with van der Waals surface area (Å²) in [5.74, 6) is -6.55. The molecule has 6 N–H and O–H groups in total. The van der Waals surface area contributed by atoms with Crippen LogP contribution in [0.5, 0.6) is 0 Å². The second-order valence-electron chi connectivity index (χ2n) is 5.56. The molecule has 0 heterocycles. The molecular weight excluding hydrogens is 370 g/mol. The van der Waals surface area contributed by atoms with Crippen LogP contribution >= 0.6 is 0 Å². The lowest BCUT2D eigenvalue weighted by molar-refractivity contribution is -0.152. The Balaban J connectivity index is 4.59. The number of carbonyl (C=O) groups is 5. The van der Waals surface area contributed by atoms with Crippen LogP contribution in [0.2, 0.25) is 0 Å². The summed E-state index contributed by atoms with van der Waals surface area (Å²) in [5.41, 5.74) is 0. The molecule has 0 aliphatic carbocycles. The number of aliphatic carboxylic acids is 5. The molecule has 27 heavy (non-hydrogen) atoms. The minimum atomic E-state index is -1.52. The lowest BCUT2D eigenvalue weighted by atomic mass is 10.1. The third-order valence-corrected chi connectivity index (χ3v) is 3.33. The molecule has 0 aromatic carbocycles. The predicted octanol–water partition coefficient (Wildman–Crippen LogP) is -2.64. The van der Waals surface area contributed by atoms with Crippen LogP contribution in [0.1, 0.15) is 6.42 Å². The normalized spacial score (nSPS) is 12.1. The van der Waals surface area contributed by atoms with E-state index in [0.29, 0.717) is 0 Å². The molecule has 0 spiro atoms. The largest absolute Gasteiger partial charge is 0.481 e. The lowest BCUT2D eigenvalue weighted by Gasteiger charge is -2.26. The third-order valence-electron chi connectivity index (χ3n) is 3.33. The van der Waals surface area contributed by atoms with Gasteiger partial charge < -0.3 is 30.8 Å². The molecule has 0 rings (SSSR count). The summed E-state index contributed by atoms with van der Waals surface area (Å²) in [7, 11) is 0. The minimum absolute atomic E-state index is 0.0784. The van der Waals surface area contributed by atoms with Gasteiger partial charge >= 0.3 is 29.8 Å². The molecule has 0 bridgehead atoms. The second-order valence-corrected chi connectivity index (χ2v) is 5.56. The number of rotatable bonds is 16. The number of carboxylic acid groups (broad SMARTS) is 5. The summed E-state index contributed by atoms with van der Waals surface area (Å²) in [4.78, 5) is 56.4. The van der Waals surface area contributed by atoms with Gasteiger partial charge in [-0.2, -0.15) is 0 Å². The van der Waals surface area contributed by atoms with Gasteiger partial charge in [0.1, 0.15) is 6.04 Å². The topological polar surface area (TPSA) is 205 Å². The highest BCUT2D eigenvalue weighted by molar-refractivity contribution is 5.81. The molecule has 0 fully saturated rings. The Morgan fingerprint density at radius 3 is 1.59 bits per heavy atom. The Labute approximate surface area is 153 Å². The van der Waals surface area contributed by atoms with E-state index in [1.807, 2.05) is 0 Å². The molecule has 13 heteroatoms. The Kier molecular flexibility index (Phi) is 11.3. The first-order valence-electron chi connectivity index (χ1n) is 7.80. The van der Waals surface area contributed by atoms with Crippen LogP contribution in [0.15, 0.2) is 0 Å². The van der Waals surface area contributed by atoms with E-state index in [1.165, 1.54) is 0 Å². The molecule has 0 saturated carbocycles. The van der Waals surface area contributed by atoms with Crippen LogP contribution in [0.4, 0.5) is 0 Å². The average Bonchev–Trinajstić information content (AvgIpc) is 2.49. The highest BCUT2D eigenvalue weighted by atomic mass is 16.4. The minimum Gasteiger partial charge on any atom is -0.481 e. The summed E-state index contributed by atoms with van der Waals surface area (Å²) < 4.78 is 0. The first kappa shape index (κ1) is 24.2. The zero-order valence-electron chi connectivity index (χ0n) is 14.4. The molecule has 0 saturated heterocycles. The summed E-state index contributed by atoms with van der Waals surface area (Å²) in [5, 5.41) is 47.0. The number of carboxylic acids is 5. The summed E-state index contributed by atoms with van der Waals surface area (Å²) in [6, 6.07) is -1.52. The number of nitrogens with zero attached hydrogens (tertiary/aromatic N) is 2. The van der Waals surface area contributed by atoms with Crippen molar-refractivity contribution >= 4 is 29.8 Å². The Morgan fingerprint density at radius 1 is 0.704 bits per heavy atom. The summed E-state index contributed by atoms with van der Waals surface area (Å²) in [6.45, 7) is -1.38. The van der Waals surface area contributed by atoms with Crippen LogP contribution in [-0.2, 0) is 24.0 Å². The van der Waals surface area contributed by atoms with Gasteiger partial charge in [-0.15, -0.1) is 0 Å². The quantitative estimate of drug-likeness (QED) is 0.149. The van der Waals surface area contributed by atoms with E-state index in [1.54, 1.807) is 0 Å². The smallest absolute Gasteiger partial charge is 0.321 e. The van der Waals surface area contributed by atoms with E-state index in [-0.39, 0.29) is 26.2 Å². The maximum Gasteiger partial charge on any atom is 0.321 e. The van der Waals surface area contributed by atoms with Gasteiger partial charge in [0.15, 0.2) is 0 Å². The second kappa shape index (κ2) is 12.6. The fraction of sp³-hybridized carbons (Fsp3) is 0.643. The van der Waals surface area contributed by atoms with E-state index in [0.717, 1.165) is 9.80 Å². The van der Waals surface area contributed by atoms with Gasteiger partial charge in [0, 0.05) is 26.2 Å². The molecule has 0 aliphatic heterocycles. The van der Waals surface area contributed by atoms with Crippen molar-refractivity contribution in [1.82, 2.24) is 15.1 Å². The molecule has 0 radical (unpaired) electrons. The van der Waals surface area contributed by atoms with Crippen molar-refractivity contribution in [1.29, 1.82) is 0 Å². The fourth-order valence-corrected chi connectivity index (χ4v) is 2.24. The number of hydrogen-bond donors (Lipinski definition) is 6. The van der Waals surface area contributed by atoms with Crippen LogP contribution < -0.4 is 5.32 Å². The standard InChI is InChI=1S/C14H23N3O10/c18-10(19)5-9(14(26)27)17(8-13(24)25)4-2-15-1-3-16(6-11(20)21)7-12(22)23/h9,15H,1-8H2,(H,18,19)(H,20,21)(H,22,23)(H,24,25)(H,26,27). The van der Waals surface area contributed by atoms with E-state index < -0.39 is 61.9 Å². The molecule has 0 aromatic heterocycles. The van der Waals surface area contributed by atoms with Crippen LogP contribution in [0.25, 0.3) is 0 Å². The van der Waals surface area contributed by atoms with Crippen molar-refractivity contribution in [2.45, 2.75) is 12.5 Å². The molecule has 0 amide bonds. The van der Waals surface area contributed by atoms with Crippen molar-refractivity contribution < 1.29 is 49.5 Å². The molecule has 1 atom stereocenters. The zero-order chi connectivity index (χ0) is 21.0. The van der Waals surface area contributed by atoms with Gasteiger partial charge in [0.05, 0.1) is 26.1 Å². The maximum absolute atomic E-state index is 11.2. The molecule has 154 valence electrons. The molecule has 1 unspecified atom stereocenters. The fourth-order valence-electron chi connectivity index (χ4n) is 2.24. The summed E-state index contributed by atoms with van der Waals surface area (Å²) in [6.07, 6.45) is -0.770. The molecule has 13 nitrogen and oxygen atoms in total. The van der Waals surface area contributed by atoms with E-state index >= 15 is 0 Å². The van der Waals surface area contributed by atoms with Crippen LogP contribution in [-0.4, -0.2) is 117 Å². The van der Waals surface area contributed by atoms with Crippen molar-refractivity contribution in [3.63, 3.8) is 0 Å². The van der Waals surface area contributed by atoms with Crippen molar-refractivity contribution in [2.75, 3.05) is 45.8 Å². The SMILES string of the molecule is O=C(O)CC(C(=O)O)N(CCNCCN(CC(=O)O)CC(=O)O)CC(=O)O. The maximum atomic E-state index is 11.2. The Bertz CT molecular complexity index is 537. The first-order valence-corrected chi connectivity index (χ1v) is 7.80. The zero-order valence-corrected chi connectivity index (χ0v) is 14.4. The molecule has 0 aliphatic rings. The predicted molar refractivity (Wildman–Crippen MR) is 87.5 cm³/mol. The highest BCUT2D eigenvalue weighted by Gasteiger charge is 2.29. The number of nitrogens with one attached hydrogen (secondary N) is 1. The molecular formula is C14H23N3O10. The van der Waals surface area contributed by atoms with Gasteiger partial charge in [-0.05, 0) is 0 Å². The third kappa shape index (κ3) is 12.3. The lowest BCUT2D eigenvalue weighted by Crippen LogP contribution is -2.48. The van der Waals surface area contributed by atoms with Gasteiger partial charge in [-0.1, -0.05) is 0 Å². The Hall–Kier alpha value is -2.77. The Morgan fingerprint density at radius 2 is 1.19 bits per heavy atom. The van der Waals surface area contributed by atoms with Gasteiger partial charge in [0.2, 0.25) is 0 Å². The van der Waals surface area contributed by atoms with Gasteiger partial charge in [-0.3, -0.25) is 33.8 Å². The first-order chi connectivity index (χ1) is 12.5. The summed E-state index contributed by atoms with van der Waals surface area (Å²) >= 11 is 0. The van der Waals surface area contributed by atoms with Crippen LogP contribution in [0, 0.1) is 0 Å². The van der Waals surface area contributed by atoms with Gasteiger partial charge in [0.25, 0.3) is 0 Å². The van der Waals surface area contributed by atoms with E-state index in [2.05, 4.69) is 5.32 Å². The molecule has 0 aromatic rings. The van der Waals surface area contributed by atoms with Crippen molar-refractivity contribution in [2.24, 2.45) is 0 Å². The van der Waals surface area contributed by atoms with E-state index in [4.69, 9.17) is 25.5 Å². The van der Waals surface area contributed by atoms with Crippen molar-refractivity contribution in [3.05, 3.63) is 0 Å². The van der Waals surface area contributed by atoms with Gasteiger partial charge in [-0.25, -0.2) is 0 Å².